The Morgan fingerprint density at radius 3 is 2.50 bits per heavy atom. The molecular weight excluding hydrogens is 256 g/mol. The Balaban J connectivity index is 1.65. The lowest BCUT2D eigenvalue weighted by molar-refractivity contribution is -0.143. The molecule has 3 unspecified atom stereocenters. The van der Waals surface area contributed by atoms with E-state index >= 15 is 0 Å². The fraction of sp³-hybridized carbons (Fsp3) is 0.867. The molecule has 1 amide bonds. The van der Waals surface area contributed by atoms with E-state index in [0.717, 1.165) is 26.2 Å². The lowest BCUT2D eigenvalue weighted by Crippen LogP contribution is -2.56. The number of aliphatic carboxylic acids is 1. The summed E-state index contributed by atoms with van der Waals surface area (Å²) in [6.07, 6.45) is 3.68. The third-order valence-electron chi connectivity index (χ3n) is 5.51. The van der Waals surface area contributed by atoms with Gasteiger partial charge in [0.05, 0.1) is 11.8 Å². The molecule has 1 aliphatic carbocycles. The lowest BCUT2D eigenvalue weighted by Gasteiger charge is -2.44. The summed E-state index contributed by atoms with van der Waals surface area (Å²) in [6.45, 7) is 7.43. The first-order valence-corrected chi connectivity index (χ1v) is 7.68. The highest BCUT2D eigenvalue weighted by Crippen LogP contribution is 2.59. The summed E-state index contributed by atoms with van der Waals surface area (Å²) in [4.78, 5) is 28.2. The first kappa shape index (κ1) is 13.9. The maximum absolute atomic E-state index is 12.6. The van der Waals surface area contributed by atoms with Crippen molar-refractivity contribution in [1.82, 2.24) is 9.80 Å². The normalized spacial score (nSPS) is 36.3. The number of fused-ring (bicyclic) bond motifs is 1. The second-order valence-electron chi connectivity index (χ2n) is 7.08. The van der Waals surface area contributed by atoms with Gasteiger partial charge in [-0.15, -0.1) is 0 Å². The Morgan fingerprint density at radius 1 is 1.10 bits per heavy atom. The summed E-state index contributed by atoms with van der Waals surface area (Å²) < 4.78 is 0. The van der Waals surface area contributed by atoms with Gasteiger partial charge in [-0.25, -0.2) is 0 Å². The van der Waals surface area contributed by atoms with Gasteiger partial charge in [0.2, 0.25) is 5.91 Å². The predicted octanol–water partition coefficient (Wildman–Crippen LogP) is 1.04. The smallest absolute Gasteiger partial charge is 0.307 e. The number of piperidine rings is 1. The highest BCUT2D eigenvalue weighted by atomic mass is 16.4. The van der Waals surface area contributed by atoms with E-state index in [0.29, 0.717) is 6.04 Å². The predicted molar refractivity (Wildman–Crippen MR) is 74.2 cm³/mol. The van der Waals surface area contributed by atoms with Crippen molar-refractivity contribution < 1.29 is 14.7 Å². The molecule has 2 heterocycles. The van der Waals surface area contributed by atoms with Crippen LogP contribution in [0.15, 0.2) is 0 Å². The van der Waals surface area contributed by atoms with Crippen LogP contribution < -0.4 is 0 Å². The van der Waals surface area contributed by atoms with Crippen LogP contribution in [0.1, 0.15) is 33.1 Å². The van der Waals surface area contributed by atoms with Crippen LogP contribution in [0.25, 0.3) is 0 Å². The molecule has 3 aliphatic rings. The summed E-state index contributed by atoms with van der Waals surface area (Å²) in [5.41, 5.74) is -0.382. The van der Waals surface area contributed by atoms with Crippen LogP contribution in [-0.2, 0) is 9.59 Å². The number of rotatable bonds is 2. The van der Waals surface area contributed by atoms with Crippen molar-refractivity contribution in [2.45, 2.75) is 39.2 Å². The molecule has 112 valence electrons. The molecule has 1 N–H and O–H groups in total. The molecule has 0 spiro atoms. The zero-order valence-electron chi connectivity index (χ0n) is 12.3. The van der Waals surface area contributed by atoms with E-state index in [9.17, 15) is 14.7 Å². The Bertz CT molecular complexity index is 435. The lowest BCUT2D eigenvalue weighted by atomic mass is 9.99. The summed E-state index contributed by atoms with van der Waals surface area (Å²) in [5, 5.41) is 9.21. The molecule has 0 aromatic carbocycles. The van der Waals surface area contributed by atoms with Gasteiger partial charge in [-0.2, -0.15) is 0 Å². The van der Waals surface area contributed by atoms with Crippen LogP contribution in [-0.4, -0.2) is 59.0 Å². The van der Waals surface area contributed by atoms with Gasteiger partial charge < -0.3 is 10.0 Å². The molecule has 3 fully saturated rings. The molecule has 5 heteroatoms. The average molecular weight is 280 g/mol. The molecular formula is C15H24N2O3. The molecule has 0 bridgehead atoms. The van der Waals surface area contributed by atoms with E-state index in [1.54, 1.807) is 0 Å². The fourth-order valence-electron chi connectivity index (χ4n) is 4.11. The molecule has 0 aromatic heterocycles. The van der Waals surface area contributed by atoms with Crippen molar-refractivity contribution in [2.24, 2.45) is 17.3 Å². The van der Waals surface area contributed by atoms with Gasteiger partial charge in [-0.3, -0.25) is 14.5 Å². The molecule has 3 atom stereocenters. The first-order chi connectivity index (χ1) is 9.43. The van der Waals surface area contributed by atoms with Crippen molar-refractivity contribution >= 4 is 11.9 Å². The number of nitrogens with zero attached hydrogens (tertiary/aromatic N) is 2. The van der Waals surface area contributed by atoms with Gasteiger partial charge in [0.1, 0.15) is 0 Å². The van der Waals surface area contributed by atoms with Crippen molar-refractivity contribution in [1.29, 1.82) is 0 Å². The Morgan fingerprint density at radius 2 is 1.85 bits per heavy atom. The Hall–Kier alpha value is -1.10. The number of amides is 1. The third-order valence-corrected chi connectivity index (χ3v) is 5.51. The molecule has 5 nitrogen and oxygen atoms in total. The molecule has 1 saturated carbocycles. The first-order valence-electron chi connectivity index (χ1n) is 7.68. The van der Waals surface area contributed by atoms with E-state index < -0.39 is 11.9 Å². The SMILES string of the molecule is CC1(C)C(C(=O)O)C1C(=O)N1CCN2CCCCC2C1. The van der Waals surface area contributed by atoms with Gasteiger partial charge >= 0.3 is 5.97 Å². The summed E-state index contributed by atoms with van der Waals surface area (Å²) in [5.74, 6) is -1.59. The minimum absolute atomic E-state index is 0.0626. The number of carbonyl (C=O) groups is 2. The average Bonchev–Trinajstić information content (AvgIpc) is 3.00. The minimum Gasteiger partial charge on any atom is -0.481 e. The quantitative estimate of drug-likeness (QED) is 0.821. The number of carbonyl (C=O) groups excluding carboxylic acids is 1. The topological polar surface area (TPSA) is 60.9 Å². The van der Waals surface area contributed by atoms with E-state index in [4.69, 9.17) is 0 Å². The van der Waals surface area contributed by atoms with Gasteiger partial charge in [0.15, 0.2) is 0 Å². The molecule has 20 heavy (non-hydrogen) atoms. The Kier molecular flexibility index (Phi) is 3.27. The van der Waals surface area contributed by atoms with E-state index in [1.165, 1.54) is 19.3 Å². The van der Waals surface area contributed by atoms with Gasteiger partial charge in [0.25, 0.3) is 0 Å². The maximum Gasteiger partial charge on any atom is 0.307 e. The minimum atomic E-state index is -0.829. The van der Waals surface area contributed by atoms with E-state index in [-0.39, 0.29) is 17.2 Å². The highest BCUT2D eigenvalue weighted by Gasteiger charge is 2.66. The van der Waals surface area contributed by atoms with Gasteiger partial charge in [-0.05, 0) is 24.8 Å². The van der Waals surface area contributed by atoms with Crippen LogP contribution in [0, 0.1) is 17.3 Å². The monoisotopic (exact) mass is 280 g/mol. The molecule has 0 radical (unpaired) electrons. The van der Waals surface area contributed by atoms with Crippen LogP contribution in [0.4, 0.5) is 0 Å². The Labute approximate surface area is 119 Å². The summed E-state index contributed by atoms with van der Waals surface area (Å²) in [7, 11) is 0. The highest BCUT2D eigenvalue weighted by molar-refractivity contribution is 5.91. The third kappa shape index (κ3) is 2.12. The molecule has 2 aliphatic heterocycles. The zero-order chi connectivity index (χ0) is 14.5. The van der Waals surface area contributed by atoms with Crippen LogP contribution in [0.5, 0.6) is 0 Å². The van der Waals surface area contributed by atoms with Crippen LogP contribution in [0.3, 0.4) is 0 Å². The zero-order valence-corrected chi connectivity index (χ0v) is 12.3. The number of hydrogen-bond acceptors (Lipinski definition) is 3. The number of piperazine rings is 1. The number of hydrogen-bond donors (Lipinski definition) is 1. The standard InChI is InChI=1S/C15H24N2O3/c1-15(2)11(12(15)14(19)20)13(18)17-8-7-16-6-4-3-5-10(16)9-17/h10-12H,3-9H2,1-2H3,(H,19,20). The van der Waals surface area contributed by atoms with Gasteiger partial charge in [-0.1, -0.05) is 20.3 Å². The molecule has 0 aromatic rings. The number of carboxylic acid groups (broad SMARTS) is 1. The van der Waals surface area contributed by atoms with Crippen molar-refractivity contribution in [3.8, 4) is 0 Å². The van der Waals surface area contributed by atoms with E-state index in [1.807, 2.05) is 18.7 Å². The van der Waals surface area contributed by atoms with Gasteiger partial charge in [0, 0.05) is 25.7 Å². The number of carboxylic acids is 1. The van der Waals surface area contributed by atoms with Crippen molar-refractivity contribution in [3.63, 3.8) is 0 Å². The fourth-order valence-corrected chi connectivity index (χ4v) is 4.11. The van der Waals surface area contributed by atoms with E-state index in [2.05, 4.69) is 4.90 Å². The second kappa shape index (κ2) is 4.72. The second-order valence-corrected chi connectivity index (χ2v) is 7.08. The van der Waals surface area contributed by atoms with Crippen LogP contribution in [0.2, 0.25) is 0 Å². The van der Waals surface area contributed by atoms with Crippen LogP contribution >= 0.6 is 0 Å². The molecule has 2 saturated heterocycles. The molecule has 3 rings (SSSR count). The summed E-state index contributed by atoms with van der Waals surface area (Å²) >= 11 is 0. The maximum atomic E-state index is 12.6. The summed E-state index contributed by atoms with van der Waals surface area (Å²) in [6, 6.07) is 0.492. The van der Waals surface area contributed by atoms with Crippen molar-refractivity contribution in [3.05, 3.63) is 0 Å². The largest absolute Gasteiger partial charge is 0.481 e. The van der Waals surface area contributed by atoms with Crippen molar-refractivity contribution in [2.75, 3.05) is 26.2 Å².